The van der Waals surface area contributed by atoms with Crippen molar-refractivity contribution in [2.75, 3.05) is 19.0 Å². The van der Waals surface area contributed by atoms with Gasteiger partial charge in [0.15, 0.2) is 5.82 Å². The predicted octanol–water partition coefficient (Wildman–Crippen LogP) is 2.46. The number of para-hydroxylation sites is 1. The number of anilines is 1. The van der Waals surface area contributed by atoms with E-state index in [1.165, 1.54) is 0 Å². The molecule has 1 aromatic heterocycles. The highest BCUT2D eigenvalue weighted by Crippen LogP contribution is 2.24. The fraction of sp³-hybridized carbons (Fsp3) is 0.208. The van der Waals surface area contributed by atoms with Crippen LogP contribution in [0.25, 0.3) is 0 Å². The summed E-state index contributed by atoms with van der Waals surface area (Å²) >= 11 is 0. The van der Waals surface area contributed by atoms with Crippen LogP contribution in [0, 0.1) is 5.41 Å². The molecular formula is C24H25N7O2. The van der Waals surface area contributed by atoms with E-state index in [2.05, 4.69) is 20.3 Å². The van der Waals surface area contributed by atoms with Crippen molar-refractivity contribution < 1.29 is 9.53 Å². The van der Waals surface area contributed by atoms with E-state index in [4.69, 9.17) is 15.9 Å². The smallest absolute Gasteiger partial charge is 0.271 e. The maximum Gasteiger partial charge on any atom is 0.271 e. The van der Waals surface area contributed by atoms with Gasteiger partial charge in [0.1, 0.15) is 5.84 Å². The summed E-state index contributed by atoms with van der Waals surface area (Å²) in [5, 5.41) is 11.3. The summed E-state index contributed by atoms with van der Waals surface area (Å²) < 4.78 is 6.92. The molecule has 0 fully saturated rings. The quantitative estimate of drug-likeness (QED) is 0.365. The summed E-state index contributed by atoms with van der Waals surface area (Å²) in [7, 11) is 1.62. The molecule has 168 valence electrons. The number of hydrogen-bond acceptors (Lipinski definition) is 6. The Hall–Kier alpha value is -4.11. The van der Waals surface area contributed by atoms with Gasteiger partial charge >= 0.3 is 0 Å². The molecule has 33 heavy (non-hydrogen) atoms. The number of nitrogens with zero attached hydrogens (tertiary/aromatic N) is 4. The van der Waals surface area contributed by atoms with Gasteiger partial charge in [-0.15, -0.1) is 0 Å². The lowest BCUT2D eigenvalue weighted by molar-refractivity contribution is -0.117. The van der Waals surface area contributed by atoms with Gasteiger partial charge in [0.25, 0.3) is 5.91 Å². The van der Waals surface area contributed by atoms with Gasteiger partial charge in [-0.25, -0.2) is 15.0 Å². The summed E-state index contributed by atoms with van der Waals surface area (Å²) in [5.41, 5.74) is 9.34. The largest absolute Gasteiger partial charge is 0.387 e. The number of benzodiazepines with no additional fused rings is 1. The Labute approximate surface area is 191 Å². The highest BCUT2D eigenvalue weighted by molar-refractivity contribution is 6.20. The molecule has 9 nitrogen and oxygen atoms in total. The number of amidine groups is 1. The molecule has 4 rings (SSSR count). The van der Waals surface area contributed by atoms with Crippen LogP contribution in [0.3, 0.4) is 0 Å². The average molecular weight is 444 g/mol. The molecule has 1 amide bonds. The molecule has 1 atom stereocenters. The van der Waals surface area contributed by atoms with E-state index in [1.54, 1.807) is 19.5 Å². The van der Waals surface area contributed by atoms with Crippen LogP contribution in [0.1, 0.15) is 23.4 Å². The minimum absolute atomic E-state index is 0.0386. The van der Waals surface area contributed by atoms with Gasteiger partial charge < -0.3 is 25.8 Å². The Bertz CT molecular complexity index is 1210. The Morgan fingerprint density at radius 3 is 2.76 bits per heavy atom. The Morgan fingerprint density at radius 2 is 1.97 bits per heavy atom. The number of aromatic nitrogens is 2. The number of methoxy groups -OCH3 is 1. The number of carbonyl (C=O) groups is 1. The molecule has 4 N–H and O–H groups in total. The second-order valence-corrected chi connectivity index (χ2v) is 7.47. The fourth-order valence-electron chi connectivity index (χ4n) is 3.57. The molecule has 0 bridgehead atoms. The molecule has 2 aromatic carbocycles. The molecule has 1 unspecified atom stereocenters. The zero-order chi connectivity index (χ0) is 23.2. The Kier molecular flexibility index (Phi) is 6.70. The molecule has 0 radical (unpaired) electrons. The van der Waals surface area contributed by atoms with Crippen molar-refractivity contribution in [3.8, 4) is 0 Å². The molecule has 0 aliphatic carbocycles. The van der Waals surface area contributed by atoms with Gasteiger partial charge in [0, 0.05) is 37.2 Å². The van der Waals surface area contributed by atoms with E-state index in [1.807, 2.05) is 59.2 Å². The number of ether oxygens (including phenoxy) is 1. The van der Waals surface area contributed by atoms with Crippen LogP contribution in [0.5, 0.6) is 0 Å². The van der Waals surface area contributed by atoms with Crippen molar-refractivity contribution in [3.63, 3.8) is 0 Å². The number of hydrogen-bond donors (Lipinski definition) is 3. The first kappa shape index (κ1) is 22.1. The Balaban J connectivity index is 1.62. The number of imidazole rings is 1. The normalized spacial score (nSPS) is 15.9. The number of carbonyl (C=O) groups excluding carboxylic acids is 1. The molecule has 2 heterocycles. The maximum absolute atomic E-state index is 12.9. The van der Waals surface area contributed by atoms with E-state index in [9.17, 15) is 4.79 Å². The Morgan fingerprint density at radius 1 is 1.21 bits per heavy atom. The van der Waals surface area contributed by atoms with Crippen LogP contribution < -0.4 is 11.1 Å². The van der Waals surface area contributed by atoms with Gasteiger partial charge in [-0.2, -0.15) is 0 Å². The van der Waals surface area contributed by atoms with Crippen LogP contribution >= 0.6 is 0 Å². The molecule has 0 saturated carbocycles. The van der Waals surface area contributed by atoms with E-state index in [0.717, 1.165) is 11.1 Å². The van der Waals surface area contributed by atoms with E-state index >= 15 is 0 Å². The van der Waals surface area contributed by atoms with E-state index in [0.29, 0.717) is 30.4 Å². The highest BCUT2D eigenvalue weighted by atomic mass is 16.5. The van der Waals surface area contributed by atoms with Crippen LogP contribution in [-0.4, -0.2) is 52.6 Å². The lowest BCUT2D eigenvalue weighted by Crippen LogP contribution is -2.28. The second kappa shape index (κ2) is 10.0. The van der Waals surface area contributed by atoms with Crippen molar-refractivity contribution in [2.45, 2.75) is 19.1 Å². The first-order valence-corrected chi connectivity index (χ1v) is 10.5. The van der Waals surface area contributed by atoms with Crippen molar-refractivity contribution >= 4 is 28.9 Å². The molecule has 0 spiro atoms. The molecule has 1 aliphatic rings. The van der Waals surface area contributed by atoms with Gasteiger partial charge in [-0.05, 0) is 6.07 Å². The third-order valence-electron chi connectivity index (χ3n) is 5.14. The van der Waals surface area contributed by atoms with E-state index in [-0.39, 0.29) is 23.9 Å². The number of rotatable bonds is 8. The molecule has 0 saturated heterocycles. The van der Waals surface area contributed by atoms with Crippen molar-refractivity contribution in [1.82, 2.24) is 9.55 Å². The van der Waals surface area contributed by atoms with Crippen LogP contribution in [-0.2, 0) is 16.1 Å². The van der Waals surface area contributed by atoms with Gasteiger partial charge in [-0.3, -0.25) is 4.79 Å². The van der Waals surface area contributed by atoms with Crippen LogP contribution in [0.15, 0.2) is 77.0 Å². The summed E-state index contributed by atoms with van der Waals surface area (Å²) in [4.78, 5) is 26.2. The maximum atomic E-state index is 12.9. The molecular weight excluding hydrogens is 418 g/mol. The number of fused-ring (bicyclic) bond motifs is 1. The summed E-state index contributed by atoms with van der Waals surface area (Å²) in [6.45, 7) is 1.07. The van der Waals surface area contributed by atoms with Crippen LogP contribution in [0.4, 0.5) is 5.69 Å². The lowest BCUT2D eigenvalue weighted by atomic mass is 10.0. The molecule has 1 aliphatic heterocycles. The lowest BCUT2D eigenvalue weighted by Gasteiger charge is -2.10. The summed E-state index contributed by atoms with van der Waals surface area (Å²) in [6, 6.07) is 17.1. The van der Waals surface area contributed by atoms with Gasteiger partial charge in [-0.1, -0.05) is 48.5 Å². The van der Waals surface area contributed by atoms with Gasteiger partial charge in [0.05, 0.1) is 30.1 Å². The fourth-order valence-corrected chi connectivity index (χ4v) is 3.57. The first-order valence-electron chi connectivity index (χ1n) is 10.5. The minimum atomic E-state index is -1.08. The zero-order valence-electron chi connectivity index (χ0n) is 18.2. The predicted molar refractivity (Wildman–Crippen MR) is 128 cm³/mol. The molecule has 3 aromatic rings. The standard InChI is InChI=1S/C24H25N7O2/c1-33-14-13-31-12-11-27-23(31)18(25)15-20(26)29-22-24(32)28-19-10-6-5-9-17(19)21(30-22)16-7-3-2-4-8-16/h2-12,22,25H,13-15H2,1H3,(H2,26,29)(H,28,32). The van der Waals surface area contributed by atoms with Crippen molar-refractivity contribution in [2.24, 2.45) is 15.7 Å². The topological polar surface area (TPSA) is 131 Å². The third kappa shape index (κ3) is 5.04. The van der Waals surface area contributed by atoms with Crippen molar-refractivity contribution in [3.05, 3.63) is 83.9 Å². The highest BCUT2D eigenvalue weighted by Gasteiger charge is 2.25. The van der Waals surface area contributed by atoms with Crippen LogP contribution in [0.2, 0.25) is 0 Å². The van der Waals surface area contributed by atoms with Crippen molar-refractivity contribution in [1.29, 1.82) is 5.41 Å². The summed E-state index contributed by atoms with van der Waals surface area (Å²) in [5.74, 6) is 0.226. The second-order valence-electron chi connectivity index (χ2n) is 7.47. The number of aliphatic imine (C=N–C) groups is 2. The average Bonchev–Trinajstić information content (AvgIpc) is 3.25. The third-order valence-corrected chi connectivity index (χ3v) is 5.14. The summed E-state index contributed by atoms with van der Waals surface area (Å²) in [6.07, 6.45) is 2.37. The minimum Gasteiger partial charge on any atom is -0.387 e. The van der Waals surface area contributed by atoms with Gasteiger partial charge in [0.2, 0.25) is 6.17 Å². The number of nitrogens with one attached hydrogen (secondary N) is 2. The monoisotopic (exact) mass is 443 g/mol. The number of amides is 1. The SMILES string of the molecule is COCCn1ccnc1C(=N)CC(N)=NC1N=C(c2ccccc2)c2ccccc2NC1=O. The number of benzene rings is 2. The zero-order valence-corrected chi connectivity index (χ0v) is 18.2. The number of nitrogens with two attached hydrogens (primary N) is 1. The molecule has 9 heteroatoms. The first-order chi connectivity index (χ1) is 16.1. The van der Waals surface area contributed by atoms with E-state index < -0.39 is 6.17 Å².